The van der Waals surface area contributed by atoms with Crippen LogP contribution in [0.5, 0.6) is 0 Å². The second kappa shape index (κ2) is 9.51. The molecule has 0 aliphatic heterocycles. The fourth-order valence-electron chi connectivity index (χ4n) is 3.88. The van der Waals surface area contributed by atoms with E-state index in [-0.39, 0.29) is 5.92 Å². The summed E-state index contributed by atoms with van der Waals surface area (Å²) in [5.74, 6) is -1.79. The Hall–Kier alpha value is -2.87. The third kappa shape index (κ3) is 5.07. The summed E-state index contributed by atoms with van der Waals surface area (Å²) >= 11 is 1.40. The number of carboxylic acids is 1. The standard InChI is InChI=1S/C23H29N3O4S/c1-12(2)18(22(28)29)24-20(27)17-15-10-5-6-11-16(15)31-21(17)26-23(30)25-19-13(3)8-7-9-14(19)4/h7-9,12,18H,5-6,10-11H2,1-4H3,(H,24,27)(H,28,29)(H2,25,26,30)/t18-/m0/s1. The lowest BCUT2D eigenvalue weighted by Gasteiger charge is -2.19. The van der Waals surface area contributed by atoms with E-state index in [1.165, 1.54) is 11.3 Å². The molecule has 0 saturated carbocycles. The first-order valence-corrected chi connectivity index (χ1v) is 11.3. The quantitative estimate of drug-likeness (QED) is 0.518. The molecule has 31 heavy (non-hydrogen) atoms. The van der Waals surface area contributed by atoms with Crippen molar-refractivity contribution in [2.24, 2.45) is 5.92 Å². The van der Waals surface area contributed by atoms with Crippen LogP contribution in [0.2, 0.25) is 0 Å². The van der Waals surface area contributed by atoms with Crippen LogP contribution in [0.3, 0.4) is 0 Å². The Labute approximate surface area is 186 Å². The average Bonchev–Trinajstić information content (AvgIpc) is 3.06. The number of para-hydroxylation sites is 1. The molecule has 2 aromatic rings. The largest absolute Gasteiger partial charge is 0.480 e. The molecule has 1 aliphatic rings. The van der Waals surface area contributed by atoms with E-state index in [0.717, 1.165) is 52.9 Å². The number of thiophene rings is 1. The molecule has 3 amide bonds. The third-order valence-electron chi connectivity index (χ3n) is 5.56. The highest BCUT2D eigenvalue weighted by atomic mass is 32.1. The number of benzene rings is 1. The fraction of sp³-hybridized carbons (Fsp3) is 0.435. The summed E-state index contributed by atoms with van der Waals surface area (Å²) in [7, 11) is 0. The second-order valence-electron chi connectivity index (χ2n) is 8.29. The SMILES string of the molecule is Cc1cccc(C)c1NC(=O)Nc1sc2c(c1C(=O)N[C@H](C(=O)O)C(C)C)CCCC2. The highest BCUT2D eigenvalue weighted by Gasteiger charge is 2.30. The van der Waals surface area contributed by atoms with Gasteiger partial charge in [0.25, 0.3) is 5.91 Å². The lowest BCUT2D eigenvalue weighted by atomic mass is 9.94. The average molecular weight is 444 g/mol. The Balaban J connectivity index is 1.88. The molecule has 3 rings (SSSR count). The van der Waals surface area contributed by atoms with Crippen LogP contribution in [-0.4, -0.2) is 29.1 Å². The van der Waals surface area contributed by atoms with Crippen LogP contribution in [0.15, 0.2) is 18.2 Å². The molecule has 1 atom stereocenters. The molecular weight excluding hydrogens is 414 g/mol. The van der Waals surface area contributed by atoms with Crippen molar-refractivity contribution in [3.8, 4) is 0 Å². The molecule has 4 N–H and O–H groups in total. The van der Waals surface area contributed by atoms with E-state index < -0.39 is 23.9 Å². The van der Waals surface area contributed by atoms with E-state index in [9.17, 15) is 19.5 Å². The molecule has 166 valence electrons. The number of rotatable bonds is 6. The van der Waals surface area contributed by atoms with Gasteiger partial charge < -0.3 is 15.7 Å². The van der Waals surface area contributed by atoms with Crippen LogP contribution >= 0.6 is 11.3 Å². The first-order chi connectivity index (χ1) is 14.7. The Bertz CT molecular complexity index is 992. The van der Waals surface area contributed by atoms with Gasteiger partial charge in [0.1, 0.15) is 11.0 Å². The van der Waals surface area contributed by atoms with Crippen molar-refractivity contribution < 1.29 is 19.5 Å². The first kappa shape index (κ1) is 22.8. The zero-order valence-electron chi connectivity index (χ0n) is 18.3. The van der Waals surface area contributed by atoms with Gasteiger partial charge in [0, 0.05) is 10.6 Å². The Morgan fingerprint density at radius 2 is 1.68 bits per heavy atom. The summed E-state index contributed by atoms with van der Waals surface area (Å²) in [5, 5.41) is 18.3. The van der Waals surface area contributed by atoms with Gasteiger partial charge in [0.05, 0.1) is 5.56 Å². The van der Waals surface area contributed by atoms with E-state index >= 15 is 0 Å². The molecule has 7 nitrogen and oxygen atoms in total. The van der Waals surface area contributed by atoms with Crippen molar-refractivity contribution in [1.82, 2.24) is 5.32 Å². The van der Waals surface area contributed by atoms with Crippen LogP contribution in [0.4, 0.5) is 15.5 Å². The van der Waals surface area contributed by atoms with Gasteiger partial charge >= 0.3 is 12.0 Å². The fourth-order valence-corrected chi connectivity index (χ4v) is 5.16. The van der Waals surface area contributed by atoms with E-state index in [1.807, 2.05) is 32.0 Å². The highest BCUT2D eigenvalue weighted by Crippen LogP contribution is 2.38. The Kier molecular flexibility index (Phi) is 7.00. The molecule has 0 radical (unpaired) electrons. The van der Waals surface area contributed by atoms with Gasteiger partial charge in [-0.3, -0.25) is 10.1 Å². The molecule has 1 aromatic carbocycles. The zero-order chi connectivity index (χ0) is 22.7. The van der Waals surface area contributed by atoms with Gasteiger partial charge in [0.15, 0.2) is 0 Å². The van der Waals surface area contributed by atoms with Gasteiger partial charge in [0.2, 0.25) is 0 Å². The van der Waals surface area contributed by atoms with E-state index in [2.05, 4.69) is 16.0 Å². The van der Waals surface area contributed by atoms with Gasteiger partial charge in [-0.2, -0.15) is 0 Å². The van der Waals surface area contributed by atoms with Crippen LogP contribution in [0.25, 0.3) is 0 Å². The summed E-state index contributed by atoms with van der Waals surface area (Å²) in [4.78, 5) is 38.5. The van der Waals surface area contributed by atoms with E-state index in [1.54, 1.807) is 13.8 Å². The van der Waals surface area contributed by atoms with E-state index in [0.29, 0.717) is 10.6 Å². The number of urea groups is 1. The minimum Gasteiger partial charge on any atom is -0.480 e. The molecule has 0 unspecified atom stereocenters. The van der Waals surface area contributed by atoms with Crippen LogP contribution in [0.1, 0.15) is 58.6 Å². The first-order valence-electron chi connectivity index (χ1n) is 10.5. The van der Waals surface area contributed by atoms with Crippen molar-refractivity contribution in [3.05, 3.63) is 45.3 Å². The molecule has 0 fully saturated rings. The molecule has 1 aromatic heterocycles. The van der Waals surface area contributed by atoms with Gasteiger partial charge in [-0.1, -0.05) is 32.0 Å². The van der Waals surface area contributed by atoms with Gasteiger partial charge in [-0.05, 0) is 62.1 Å². The number of hydrogen-bond acceptors (Lipinski definition) is 4. The van der Waals surface area contributed by atoms with Crippen molar-refractivity contribution in [2.75, 3.05) is 10.6 Å². The molecule has 1 aliphatic carbocycles. The molecule has 0 bridgehead atoms. The number of hydrogen-bond donors (Lipinski definition) is 4. The van der Waals surface area contributed by atoms with Gasteiger partial charge in [-0.15, -0.1) is 11.3 Å². The number of anilines is 2. The number of carbonyl (C=O) groups excluding carboxylic acids is 2. The zero-order valence-corrected chi connectivity index (χ0v) is 19.1. The highest BCUT2D eigenvalue weighted by molar-refractivity contribution is 7.17. The maximum absolute atomic E-state index is 13.1. The minimum absolute atomic E-state index is 0.264. The number of aliphatic carboxylic acids is 1. The Morgan fingerprint density at radius 1 is 1.03 bits per heavy atom. The van der Waals surface area contributed by atoms with Gasteiger partial charge in [-0.25, -0.2) is 9.59 Å². The molecule has 8 heteroatoms. The number of nitrogens with one attached hydrogen (secondary N) is 3. The predicted octanol–water partition coefficient (Wildman–Crippen LogP) is 4.73. The van der Waals surface area contributed by atoms with Crippen LogP contribution in [0, 0.1) is 19.8 Å². The summed E-state index contributed by atoms with van der Waals surface area (Å²) in [5.41, 5.74) is 3.94. The number of carbonyl (C=O) groups is 3. The second-order valence-corrected chi connectivity index (χ2v) is 9.40. The molecule has 0 saturated heterocycles. The van der Waals surface area contributed by atoms with Crippen molar-refractivity contribution in [3.63, 3.8) is 0 Å². The monoisotopic (exact) mass is 443 g/mol. The number of carboxylic acid groups (broad SMARTS) is 1. The van der Waals surface area contributed by atoms with Crippen LogP contribution < -0.4 is 16.0 Å². The smallest absolute Gasteiger partial charge is 0.326 e. The number of aryl methyl sites for hydroxylation is 3. The topological polar surface area (TPSA) is 108 Å². The maximum Gasteiger partial charge on any atom is 0.326 e. The van der Waals surface area contributed by atoms with Crippen molar-refractivity contribution >= 4 is 39.9 Å². The number of fused-ring (bicyclic) bond motifs is 1. The summed E-state index contributed by atoms with van der Waals surface area (Å²) < 4.78 is 0. The summed E-state index contributed by atoms with van der Waals surface area (Å²) in [6.45, 7) is 7.34. The minimum atomic E-state index is -1.07. The molecule has 1 heterocycles. The summed E-state index contributed by atoms with van der Waals surface area (Å²) in [6.07, 6.45) is 3.60. The molecule has 0 spiro atoms. The lowest BCUT2D eigenvalue weighted by Crippen LogP contribution is -2.44. The predicted molar refractivity (Wildman–Crippen MR) is 123 cm³/mol. The maximum atomic E-state index is 13.1. The van der Waals surface area contributed by atoms with Crippen molar-refractivity contribution in [2.45, 2.75) is 59.4 Å². The normalized spacial score (nSPS) is 14.0. The van der Waals surface area contributed by atoms with E-state index in [4.69, 9.17) is 0 Å². The lowest BCUT2D eigenvalue weighted by molar-refractivity contribution is -0.140. The Morgan fingerprint density at radius 3 is 2.29 bits per heavy atom. The number of amides is 3. The summed E-state index contributed by atoms with van der Waals surface area (Å²) in [6, 6.07) is 4.34. The van der Waals surface area contributed by atoms with Crippen molar-refractivity contribution in [1.29, 1.82) is 0 Å². The third-order valence-corrected chi connectivity index (χ3v) is 6.77. The molecular formula is C23H29N3O4S. The van der Waals surface area contributed by atoms with Crippen LogP contribution in [-0.2, 0) is 17.6 Å².